The Morgan fingerprint density at radius 1 is 1.29 bits per heavy atom. The second kappa shape index (κ2) is 5.78. The van der Waals surface area contributed by atoms with Crippen LogP contribution in [0.15, 0.2) is 30.3 Å². The van der Waals surface area contributed by atoms with Gasteiger partial charge in [0.05, 0.1) is 12.6 Å². The van der Waals surface area contributed by atoms with Gasteiger partial charge in [-0.1, -0.05) is 37.3 Å². The van der Waals surface area contributed by atoms with Crippen LogP contribution < -0.4 is 5.32 Å². The molecule has 0 saturated carbocycles. The van der Waals surface area contributed by atoms with E-state index >= 15 is 0 Å². The maximum atomic E-state index is 9.26. The minimum absolute atomic E-state index is 0.0612. The Kier molecular flexibility index (Phi) is 4.63. The SMILES string of the molecule is CCC(C)N[C@H](CO)c1ccccc1. The highest BCUT2D eigenvalue weighted by atomic mass is 16.3. The molecule has 0 aliphatic carbocycles. The smallest absolute Gasteiger partial charge is 0.0626 e. The standard InChI is InChI=1S/C12H19NO/c1-3-10(2)13-12(9-14)11-7-5-4-6-8-11/h4-8,10,12-14H,3,9H2,1-2H3/t10?,12-/m1/s1. The third-order valence-corrected chi connectivity index (χ3v) is 2.48. The molecule has 0 fully saturated rings. The van der Waals surface area contributed by atoms with Gasteiger partial charge in [0.2, 0.25) is 0 Å². The molecule has 78 valence electrons. The highest BCUT2D eigenvalue weighted by molar-refractivity contribution is 5.18. The Morgan fingerprint density at radius 2 is 1.93 bits per heavy atom. The van der Waals surface area contributed by atoms with Gasteiger partial charge in [0, 0.05) is 6.04 Å². The van der Waals surface area contributed by atoms with Gasteiger partial charge in [0.25, 0.3) is 0 Å². The molecular formula is C12H19NO. The first-order valence-electron chi connectivity index (χ1n) is 5.19. The second-order valence-corrected chi connectivity index (χ2v) is 3.62. The maximum absolute atomic E-state index is 9.26. The Morgan fingerprint density at radius 3 is 2.43 bits per heavy atom. The van der Waals surface area contributed by atoms with E-state index in [-0.39, 0.29) is 12.6 Å². The summed E-state index contributed by atoms with van der Waals surface area (Å²) in [4.78, 5) is 0. The molecule has 0 aromatic heterocycles. The lowest BCUT2D eigenvalue weighted by atomic mass is 10.1. The molecular weight excluding hydrogens is 174 g/mol. The summed E-state index contributed by atoms with van der Waals surface area (Å²) in [6.07, 6.45) is 1.07. The molecule has 14 heavy (non-hydrogen) atoms. The summed E-state index contributed by atoms with van der Waals surface area (Å²) in [6, 6.07) is 10.6. The molecule has 0 bridgehead atoms. The molecule has 0 heterocycles. The number of aliphatic hydroxyl groups excluding tert-OH is 1. The molecule has 2 atom stereocenters. The number of benzene rings is 1. The summed E-state index contributed by atoms with van der Waals surface area (Å²) >= 11 is 0. The number of aliphatic hydroxyl groups is 1. The molecule has 2 nitrogen and oxygen atoms in total. The van der Waals surface area contributed by atoms with E-state index in [1.165, 1.54) is 0 Å². The Balaban J connectivity index is 2.63. The molecule has 1 aromatic rings. The van der Waals surface area contributed by atoms with Crippen LogP contribution in [0.2, 0.25) is 0 Å². The van der Waals surface area contributed by atoms with E-state index in [9.17, 15) is 5.11 Å². The van der Waals surface area contributed by atoms with Crippen molar-refractivity contribution in [3.8, 4) is 0 Å². The number of nitrogens with one attached hydrogen (secondary N) is 1. The Labute approximate surface area is 86.0 Å². The van der Waals surface area contributed by atoms with Gasteiger partial charge in [-0.3, -0.25) is 0 Å². The van der Waals surface area contributed by atoms with Crippen molar-refractivity contribution in [1.82, 2.24) is 5.32 Å². The molecule has 1 unspecified atom stereocenters. The highest BCUT2D eigenvalue weighted by Crippen LogP contribution is 2.12. The third kappa shape index (κ3) is 3.13. The maximum Gasteiger partial charge on any atom is 0.0626 e. The Hall–Kier alpha value is -0.860. The molecule has 0 saturated heterocycles. The summed E-state index contributed by atoms with van der Waals surface area (Å²) in [7, 11) is 0. The zero-order valence-corrected chi connectivity index (χ0v) is 8.90. The van der Waals surface area contributed by atoms with E-state index in [2.05, 4.69) is 19.2 Å². The van der Waals surface area contributed by atoms with Gasteiger partial charge >= 0.3 is 0 Å². The van der Waals surface area contributed by atoms with Crippen LogP contribution in [0.5, 0.6) is 0 Å². The van der Waals surface area contributed by atoms with Gasteiger partial charge in [-0.05, 0) is 18.9 Å². The fourth-order valence-corrected chi connectivity index (χ4v) is 1.40. The van der Waals surface area contributed by atoms with E-state index in [0.29, 0.717) is 6.04 Å². The summed E-state index contributed by atoms with van der Waals surface area (Å²) < 4.78 is 0. The minimum Gasteiger partial charge on any atom is -0.394 e. The fraction of sp³-hybridized carbons (Fsp3) is 0.500. The van der Waals surface area contributed by atoms with E-state index < -0.39 is 0 Å². The molecule has 0 amide bonds. The summed E-state index contributed by atoms with van der Waals surface area (Å²) in [6.45, 7) is 4.41. The normalized spacial score (nSPS) is 15.1. The van der Waals surface area contributed by atoms with Gasteiger partial charge in [-0.15, -0.1) is 0 Å². The quantitative estimate of drug-likeness (QED) is 0.750. The van der Waals surface area contributed by atoms with Crippen LogP contribution in [-0.4, -0.2) is 17.8 Å². The molecule has 0 aliphatic rings. The van der Waals surface area contributed by atoms with Crippen molar-refractivity contribution in [2.75, 3.05) is 6.61 Å². The summed E-state index contributed by atoms with van der Waals surface area (Å²) in [5, 5.41) is 12.6. The van der Waals surface area contributed by atoms with Crippen LogP contribution in [0.3, 0.4) is 0 Å². The van der Waals surface area contributed by atoms with E-state index in [1.807, 2.05) is 30.3 Å². The van der Waals surface area contributed by atoms with Crippen LogP contribution in [0.1, 0.15) is 31.9 Å². The van der Waals surface area contributed by atoms with Gasteiger partial charge in [-0.2, -0.15) is 0 Å². The molecule has 1 rings (SSSR count). The van der Waals surface area contributed by atoms with Crippen molar-refractivity contribution in [2.24, 2.45) is 0 Å². The first-order valence-corrected chi connectivity index (χ1v) is 5.19. The van der Waals surface area contributed by atoms with Crippen molar-refractivity contribution in [3.05, 3.63) is 35.9 Å². The molecule has 0 radical (unpaired) electrons. The van der Waals surface area contributed by atoms with E-state index in [0.717, 1.165) is 12.0 Å². The topological polar surface area (TPSA) is 32.3 Å². The minimum atomic E-state index is 0.0612. The average molecular weight is 193 g/mol. The number of rotatable bonds is 5. The van der Waals surface area contributed by atoms with Crippen molar-refractivity contribution in [2.45, 2.75) is 32.4 Å². The van der Waals surface area contributed by atoms with Crippen molar-refractivity contribution in [1.29, 1.82) is 0 Å². The predicted molar refractivity (Wildman–Crippen MR) is 59.2 cm³/mol. The van der Waals surface area contributed by atoms with Gasteiger partial charge in [0.15, 0.2) is 0 Å². The first-order chi connectivity index (χ1) is 6.77. The predicted octanol–water partition coefficient (Wildman–Crippen LogP) is 2.11. The number of hydrogen-bond donors (Lipinski definition) is 2. The van der Waals surface area contributed by atoms with Crippen LogP contribution in [0.4, 0.5) is 0 Å². The molecule has 0 aliphatic heterocycles. The van der Waals surface area contributed by atoms with Gasteiger partial charge in [0.1, 0.15) is 0 Å². The lowest BCUT2D eigenvalue weighted by Gasteiger charge is -2.20. The van der Waals surface area contributed by atoms with Gasteiger partial charge in [-0.25, -0.2) is 0 Å². The van der Waals surface area contributed by atoms with E-state index in [1.54, 1.807) is 0 Å². The van der Waals surface area contributed by atoms with Crippen LogP contribution in [-0.2, 0) is 0 Å². The molecule has 2 N–H and O–H groups in total. The van der Waals surface area contributed by atoms with Crippen LogP contribution in [0.25, 0.3) is 0 Å². The lowest BCUT2D eigenvalue weighted by molar-refractivity contribution is 0.234. The molecule has 2 heteroatoms. The average Bonchev–Trinajstić information content (AvgIpc) is 2.26. The number of hydrogen-bond acceptors (Lipinski definition) is 2. The largest absolute Gasteiger partial charge is 0.394 e. The second-order valence-electron chi connectivity index (χ2n) is 3.62. The van der Waals surface area contributed by atoms with Gasteiger partial charge < -0.3 is 10.4 Å². The van der Waals surface area contributed by atoms with Crippen molar-refractivity contribution in [3.63, 3.8) is 0 Å². The fourth-order valence-electron chi connectivity index (χ4n) is 1.40. The van der Waals surface area contributed by atoms with Crippen LogP contribution in [0, 0.1) is 0 Å². The molecule has 0 spiro atoms. The first kappa shape index (κ1) is 11.2. The summed E-state index contributed by atoms with van der Waals surface area (Å²) in [5.74, 6) is 0. The van der Waals surface area contributed by atoms with E-state index in [4.69, 9.17) is 0 Å². The molecule has 1 aromatic carbocycles. The zero-order chi connectivity index (χ0) is 10.4. The van der Waals surface area contributed by atoms with Crippen molar-refractivity contribution < 1.29 is 5.11 Å². The lowest BCUT2D eigenvalue weighted by Crippen LogP contribution is -2.32. The highest BCUT2D eigenvalue weighted by Gasteiger charge is 2.11. The zero-order valence-electron chi connectivity index (χ0n) is 8.90. The van der Waals surface area contributed by atoms with Crippen molar-refractivity contribution >= 4 is 0 Å². The third-order valence-electron chi connectivity index (χ3n) is 2.48. The summed E-state index contributed by atoms with van der Waals surface area (Å²) in [5.41, 5.74) is 1.15. The van der Waals surface area contributed by atoms with Crippen LogP contribution >= 0.6 is 0 Å². The monoisotopic (exact) mass is 193 g/mol. The Bertz CT molecular complexity index is 248.